The largest absolute Gasteiger partial charge is 0.493 e. The Morgan fingerprint density at radius 1 is 1.05 bits per heavy atom. The maximum absolute atomic E-state index is 11.2. The first-order valence-electron chi connectivity index (χ1n) is 13.6. The summed E-state index contributed by atoms with van der Waals surface area (Å²) in [4.78, 5) is 11.2. The number of nitriles is 1. The van der Waals surface area contributed by atoms with Gasteiger partial charge in [-0.05, 0) is 117 Å². The summed E-state index contributed by atoms with van der Waals surface area (Å²) >= 11 is 0. The van der Waals surface area contributed by atoms with Gasteiger partial charge in [-0.15, -0.1) is 0 Å². The van der Waals surface area contributed by atoms with Crippen molar-refractivity contribution < 1.29 is 24.5 Å². The lowest BCUT2D eigenvalue weighted by molar-refractivity contribution is -0.138. The standard InChI is InChI=1S/C33H35NO5/c1-19-15-24(38-14-13-33(3,4)37)16-20(2)30(19)31-22(18-34)7-10-25-26(31)11-12-29(25)39-23-8-5-21(6-9-23)27-17-28(27)32(35)36/h5-10,15-16,27-29,37H,11-14,17H2,1-4H3,(H,35,36)/t27-,28+,29-/m1/s1. The van der Waals surface area contributed by atoms with Crippen molar-refractivity contribution in [3.8, 4) is 28.7 Å². The molecule has 39 heavy (non-hydrogen) atoms. The van der Waals surface area contributed by atoms with Crippen molar-refractivity contribution in [2.24, 2.45) is 5.92 Å². The zero-order chi connectivity index (χ0) is 27.9. The molecule has 1 fully saturated rings. The molecule has 202 valence electrons. The van der Waals surface area contributed by atoms with Crippen LogP contribution >= 0.6 is 0 Å². The Morgan fingerprint density at radius 3 is 2.33 bits per heavy atom. The molecule has 0 aliphatic heterocycles. The molecule has 5 rings (SSSR count). The first-order chi connectivity index (χ1) is 18.6. The first kappa shape index (κ1) is 26.8. The van der Waals surface area contributed by atoms with Crippen molar-refractivity contribution in [1.29, 1.82) is 5.26 Å². The molecule has 3 atom stereocenters. The Balaban J connectivity index is 1.39. The summed E-state index contributed by atoms with van der Waals surface area (Å²) in [6.45, 7) is 8.06. The van der Waals surface area contributed by atoms with Gasteiger partial charge in [-0.1, -0.05) is 18.2 Å². The molecular weight excluding hydrogens is 490 g/mol. The normalized spacial score (nSPS) is 19.7. The molecule has 3 aromatic rings. The van der Waals surface area contributed by atoms with Crippen LogP contribution in [0, 0.1) is 31.1 Å². The number of carboxylic acids is 1. The summed E-state index contributed by atoms with van der Waals surface area (Å²) in [5, 5.41) is 29.2. The molecule has 2 N–H and O–H groups in total. The van der Waals surface area contributed by atoms with E-state index in [2.05, 4.69) is 6.07 Å². The van der Waals surface area contributed by atoms with Gasteiger partial charge in [0.25, 0.3) is 0 Å². The third kappa shape index (κ3) is 5.65. The van der Waals surface area contributed by atoms with Crippen LogP contribution < -0.4 is 9.47 Å². The molecule has 0 heterocycles. The molecule has 0 unspecified atom stereocenters. The van der Waals surface area contributed by atoms with Gasteiger partial charge in [0.05, 0.1) is 29.8 Å². The first-order valence-corrected chi connectivity index (χ1v) is 13.6. The molecule has 0 bridgehead atoms. The van der Waals surface area contributed by atoms with E-state index in [1.54, 1.807) is 13.8 Å². The molecule has 1 saturated carbocycles. The van der Waals surface area contributed by atoms with Gasteiger partial charge in [-0.3, -0.25) is 4.79 Å². The number of aryl methyl sites for hydroxylation is 2. The average Bonchev–Trinajstić information content (AvgIpc) is 3.58. The number of aliphatic hydroxyl groups is 1. The zero-order valence-corrected chi connectivity index (χ0v) is 23.0. The molecule has 0 radical (unpaired) electrons. The van der Waals surface area contributed by atoms with Crippen molar-refractivity contribution in [2.75, 3.05) is 6.61 Å². The lowest BCUT2D eigenvalue weighted by Crippen LogP contribution is -2.21. The number of fused-ring (bicyclic) bond motifs is 1. The second-order valence-electron chi connectivity index (χ2n) is 11.5. The van der Waals surface area contributed by atoms with Crippen LogP contribution in [0.15, 0.2) is 48.5 Å². The monoisotopic (exact) mass is 525 g/mol. The van der Waals surface area contributed by atoms with Crippen molar-refractivity contribution in [2.45, 2.75) is 71.0 Å². The van der Waals surface area contributed by atoms with E-state index < -0.39 is 11.6 Å². The fourth-order valence-electron chi connectivity index (χ4n) is 5.78. The summed E-state index contributed by atoms with van der Waals surface area (Å²) in [6, 6.07) is 18.1. The predicted molar refractivity (Wildman–Crippen MR) is 149 cm³/mol. The number of benzene rings is 3. The maximum atomic E-state index is 11.2. The van der Waals surface area contributed by atoms with Gasteiger partial charge in [0.1, 0.15) is 17.6 Å². The summed E-state index contributed by atoms with van der Waals surface area (Å²) in [5.41, 5.74) is 7.28. The molecule has 3 aromatic carbocycles. The Kier molecular flexibility index (Phi) is 7.13. The number of ether oxygens (including phenoxy) is 2. The molecule has 0 saturated heterocycles. The van der Waals surface area contributed by atoms with E-state index in [1.807, 2.05) is 62.4 Å². The third-order valence-electron chi connectivity index (χ3n) is 7.91. The van der Waals surface area contributed by atoms with E-state index in [1.165, 1.54) is 0 Å². The van der Waals surface area contributed by atoms with Crippen molar-refractivity contribution in [3.63, 3.8) is 0 Å². The van der Waals surface area contributed by atoms with Crippen LogP contribution in [0.2, 0.25) is 0 Å². The van der Waals surface area contributed by atoms with Gasteiger partial charge in [-0.2, -0.15) is 5.26 Å². The average molecular weight is 526 g/mol. The van der Waals surface area contributed by atoms with E-state index in [0.29, 0.717) is 25.0 Å². The number of nitrogens with zero attached hydrogens (tertiary/aromatic N) is 1. The van der Waals surface area contributed by atoms with E-state index in [4.69, 9.17) is 9.47 Å². The second-order valence-corrected chi connectivity index (χ2v) is 11.5. The Bertz CT molecular complexity index is 1420. The third-order valence-corrected chi connectivity index (χ3v) is 7.91. The van der Waals surface area contributed by atoms with E-state index >= 15 is 0 Å². The fourth-order valence-corrected chi connectivity index (χ4v) is 5.78. The predicted octanol–water partition coefficient (Wildman–Crippen LogP) is 6.64. The summed E-state index contributed by atoms with van der Waals surface area (Å²) in [7, 11) is 0. The molecule has 0 aromatic heterocycles. The molecule has 2 aliphatic rings. The van der Waals surface area contributed by atoms with Crippen LogP contribution in [0.5, 0.6) is 11.5 Å². The van der Waals surface area contributed by atoms with Crippen LogP contribution in [0.4, 0.5) is 0 Å². The summed E-state index contributed by atoms with van der Waals surface area (Å²) in [5.74, 6) is 0.616. The number of hydrogen-bond donors (Lipinski definition) is 2. The van der Waals surface area contributed by atoms with Crippen molar-refractivity contribution in [1.82, 2.24) is 0 Å². The highest BCUT2D eigenvalue weighted by atomic mass is 16.5. The molecule has 6 nitrogen and oxygen atoms in total. The highest BCUT2D eigenvalue weighted by Gasteiger charge is 2.44. The van der Waals surface area contributed by atoms with E-state index in [-0.39, 0.29) is 17.9 Å². The molecule has 0 amide bonds. The molecule has 6 heteroatoms. The quantitative estimate of drug-likeness (QED) is 0.325. The minimum atomic E-state index is -0.780. The lowest BCUT2D eigenvalue weighted by atomic mass is 9.87. The minimum Gasteiger partial charge on any atom is -0.493 e. The Hall–Kier alpha value is -3.82. The number of carboxylic acid groups (broad SMARTS) is 1. The van der Waals surface area contributed by atoms with Crippen LogP contribution in [-0.2, 0) is 11.2 Å². The molecular formula is C33H35NO5. The fraction of sp³-hybridized carbons (Fsp3) is 0.394. The number of hydrogen-bond acceptors (Lipinski definition) is 5. The zero-order valence-electron chi connectivity index (χ0n) is 23.0. The number of rotatable bonds is 9. The van der Waals surface area contributed by atoms with E-state index in [0.717, 1.165) is 63.3 Å². The van der Waals surface area contributed by atoms with Gasteiger partial charge < -0.3 is 19.7 Å². The maximum Gasteiger partial charge on any atom is 0.307 e. The topological polar surface area (TPSA) is 99.8 Å². The Morgan fingerprint density at radius 2 is 1.74 bits per heavy atom. The van der Waals surface area contributed by atoms with Gasteiger partial charge in [0, 0.05) is 12.0 Å². The van der Waals surface area contributed by atoms with Crippen LogP contribution in [-0.4, -0.2) is 28.4 Å². The minimum absolute atomic E-state index is 0.0977. The highest BCUT2D eigenvalue weighted by molar-refractivity contribution is 5.81. The van der Waals surface area contributed by atoms with Crippen LogP contribution in [0.3, 0.4) is 0 Å². The smallest absolute Gasteiger partial charge is 0.307 e. The molecule has 0 spiro atoms. The number of carbonyl (C=O) groups is 1. The van der Waals surface area contributed by atoms with Gasteiger partial charge in [-0.25, -0.2) is 0 Å². The van der Waals surface area contributed by atoms with Gasteiger partial charge in [0.15, 0.2) is 0 Å². The van der Waals surface area contributed by atoms with Crippen molar-refractivity contribution >= 4 is 5.97 Å². The summed E-state index contributed by atoms with van der Waals surface area (Å²) < 4.78 is 12.3. The van der Waals surface area contributed by atoms with Gasteiger partial charge >= 0.3 is 5.97 Å². The van der Waals surface area contributed by atoms with Gasteiger partial charge in [0.2, 0.25) is 0 Å². The SMILES string of the molecule is Cc1cc(OCCC(C)(C)O)cc(C)c1-c1c(C#N)ccc2c1CC[C@H]2Oc1ccc([C@H]2C[C@@H]2C(=O)O)cc1. The van der Waals surface area contributed by atoms with Crippen molar-refractivity contribution in [3.05, 3.63) is 81.9 Å². The lowest BCUT2D eigenvalue weighted by Gasteiger charge is -2.20. The van der Waals surface area contributed by atoms with Crippen LogP contribution in [0.25, 0.3) is 11.1 Å². The second kappa shape index (κ2) is 10.4. The van der Waals surface area contributed by atoms with E-state index in [9.17, 15) is 20.3 Å². The number of aliphatic carboxylic acids is 1. The highest BCUT2D eigenvalue weighted by Crippen LogP contribution is 2.48. The molecule has 2 aliphatic carbocycles. The van der Waals surface area contributed by atoms with Crippen LogP contribution in [0.1, 0.15) is 78.5 Å². The Labute approximate surface area is 229 Å². The summed E-state index contributed by atoms with van der Waals surface area (Å²) in [6.07, 6.45) is 2.75.